The number of fused-ring (bicyclic) bond motifs is 1. The Morgan fingerprint density at radius 3 is 2.58 bits per heavy atom. The van der Waals surface area contributed by atoms with E-state index in [1.54, 1.807) is 36.4 Å². The van der Waals surface area contributed by atoms with Crippen LogP contribution in [-0.2, 0) is 14.8 Å². The Hall–Kier alpha value is -3.17. The summed E-state index contributed by atoms with van der Waals surface area (Å²) in [5.74, 6) is -0.936. The molecule has 134 valence electrons. The number of carbonyl (C=O) groups is 1. The lowest BCUT2D eigenvalue weighted by molar-refractivity contribution is -0.111. The molecule has 3 rings (SSSR count). The van der Waals surface area contributed by atoms with E-state index in [0.29, 0.717) is 22.4 Å². The van der Waals surface area contributed by atoms with Crippen LogP contribution in [-0.4, -0.2) is 26.4 Å². The van der Waals surface area contributed by atoms with Crippen molar-refractivity contribution in [2.24, 2.45) is 0 Å². The number of nitrogens with one attached hydrogen (secondary N) is 3. The molecule has 0 aliphatic rings. The molecule has 8 nitrogen and oxygen atoms in total. The number of anilines is 1. The zero-order valence-corrected chi connectivity index (χ0v) is 14.5. The lowest BCUT2D eigenvalue weighted by Gasteiger charge is -2.03. The van der Waals surface area contributed by atoms with Gasteiger partial charge in [0.1, 0.15) is 0 Å². The van der Waals surface area contributed by atoms with Gasteiger partial charge in [-0.1, -0.05) is 12.1 Å². The van der Waals surface area contributed by atoms with Gasteiger partial charge in [-0.15, -0.1) is 0 Å². The molecule has 26 heavy (non-hydrogen) atoms. The van der Waals surface area contributed by atoms with Crippen molar-refractivity contribution in [1.29, 1.82) is 0 Å². The maximum absolute atomic E-state index is 12.0. The largest absolute Gasteiger partial charge is 0.417 e. The van der Waals surface area contributed by atoms with Crippen molar-refractivity contribution in [2.75, 3.05) is 12.4 Å². The van der Waals surface area contributed by atoms with Crippen molar-refractivity contribution in [3.63, 3.8) is 0 Å². The Morgan fingerprint density at radius 2 is 1.88 bits per heavy atom. The number of benzene rings is 2. The number of amides is 1. The van der Waals surface area contributed by atoms with Gasteiger partial charge >= 0.3 is 5.76 Å². The average molecular weight is 373 g/mol. The summed E-state index contributed by atoms with van der Waals surface area (Å²) in [5, 5.41) is 2.66. The minimum atomic E-state index is -3.49. The minimum absolute atomic E-state index is 0.143. The molecular formula is C17H15N3O5S. The second-order valence-corrected chi connectivity index (χ2v) is 7.21. The van der Waals surface area contributed by atoms with E-state index in [-0.39, 0.29) is 10.8 Å². The van der Waals surface area contributed by atoms with Crippen LogP contribution in [0.5, 0.6) is 0 Å². The van der Waals surface area contributed by atoms with Gasteiger partial charge in [0.15, 0.2) is 5.58 Å². The van der Waals surface area contributed by atoms with Crippen LogP contribution in [0.4, 0.5) is 5.69 Å². The number of carbonyl (C=O) groups excluding carboxylic acids is 1. The Labute approximate surface area is 148 Å². The fourth-order valence-electron chi connectivity index (χ4n) is 2.26. The normalized spacial score (nSPS) is 11.9. The van der Waals surface area contributed by atoms with Gasteiger partial charge in [-0.2, -0.15) is 0 Å². The predicted octanol–water partition coefficient (Wildman–Crippen LogP) is 1.68. The van der Waals surface area contributed by atoms with Crippen LogP contribution in [0.3, 0.4) is 0 Å². The Morgan fingerprint density at radius 1 is 1.15 bits per heavy atom. The Kier molecular flexibility index (Phi) is 4.74. The van der Waals surface area contributed by atoms with Crippen LogP contribution < -0.4 is 15.8 Å². The van der Waals surface area contributed by atoms with Gasteiger partial charge in [0.2, 0.25) is 15.9 Å². The van der Waals surface area contributed by atoms with Gasteiger partial charge in [0.05, 0.1) is 10.4 Å². The molecule has 0 bridgehead atoms. The molecule has 1 heterocycles. The first kappa shape index (κ1) is 17.6. The molecule has 0 saturated carbocycles. The standard InChI is InChI=1S/C17H15N3O5S/c1-18-26(23,24)13-6-2-11(3-7-13)4-9-16(21)19-12-5-8-15-14(10-12)20-17(22)25-15/h2-10,18H,1H3,(H,19,21)(H,20,22)/b9-4+. The van der Waals surface area contributed by atoms with Gasteiger partial charge < -0.3 is 9.73 Å². The van der Waals surface area contributed by atoms with Crippen molar-refractivity contribution in [1.82, 2.24) is 9.71 Å². The summed E-state index contributed by atoms with van der Waals surface area (Å²) in [7, 11) is -2.15. The van der Waals surface area contributed by atoms with Crippen molar-refractivity contribution < 1.29 is 17.6 Å². The molecule has 2 aromatic carbocycles. The quantitative estimate of drug-likeness (QED) is 0.588. The van der Waals surface area contributed by atoms with E-state index >= 15 is 0 Å². The van der Waals surface area contributed by atoms with Crippen molar-refractivity contribution in [2.45, 2.75) is 4.90 Å². The van der Waals surface area contributed by atoms with Gasteiger partial charge in [-0.3, -0.25) is 9.78 Å². The molecule has 0 aliphatic heterocycles. The van der Waals surface area contributed by atoms with Crippen molar-refractivity contribution in [3.05, 3.63) is 64.7 Å². The highest BCUT2D eigenvalue weighted by Gasteiger charge is 2.10. The maximum Gasteiger partial charge on any atom is 0.417 e. The minimum Gasteiger partial charge on any atom is -0.408 e. The molecule has 0 saturated heterocycles. The molecule has 0 aliphatic carbocycles. The molecule has 3 aromatic rings. The number of hydrogen-bond donors (Lipinski definition) is 3. The molecule has 0 spiro atoms. The third kappa shape index (κ3) is 3.90. The first-order chi connectivity index (χ1) is 12.4. The van der Waals surface area contributed by atoms with E-state index < -0.39 is 15.8 Å². The number of aromatic amines is 1. The van der Waals surface area contributed by atoms with Crippen LogP contribution in [0, 0.1) is 0 Å². The van der Waals surface area contributed by atoms with Crippen LogP contribution in [0.2, 0.25) is 0 Å². The van der Waals surface area contributed by atoms with E-state index in [0.717, 1.165) is 0 Å². The molecule has 1 amide bonds. The van der Waals surface area contributed by atoms with Crippen LogP contribution >= 0.6 is 0 Å². The summed E-state index contributed by atoms with van der Waals surface area (Å²) in [6.45, 7) is 0. The van der Waals surface area contributed by atoms with E-state index in [1.165, 1.54) is 25.3 Å². The second kappa shape index (κ2) is 6.98. The maximum atomic E-state index is 12.0. The molecule has 0 atom stereocenters. The number of oxazole rings is 1. The van der Waals surface area contributed by atoms with E-state index in [4.69, 9.17) is 4.42 Å². The zero-order chi connectivity index (χ0) is 18.7. The van der Waals surface area contributed by atoms with Crippen LogP contribution in [0.1, 0.15) is 5.56 Å². The van der Waals surface area contributed by atoms with Gasteiger partial charge in [-0.25, -0.2) is 17.9 Å². The molecule has 0 unspecified atom stereocenters. The van der Waals surface area contributed by atoms with Gasteiger partial charge in [0.25, 0.3) is 0 Å². The lowest BCUT2D eigenvalue weighted by Crippen LogP contribution is -2.18. The van der Waals surface area contributed by atoms with Crippen LogP contribution in [0.25, 0.3) is 17.2 Å². The fourth-order valence-corrected chi connectivity index (χ4v) is 2.99. The highest BCUT2D eigenvalue weighted by Crippen LogP contribution is 2.16. The topological polar surface area (TPSA) is 121 Å². The number of sulfonamides is 1. The summed E-state index contributed by atoms with van der Waals surface area (Å²) >= 11 is 0. The highest BCUT2D eigenvalue weighted by molar-refractivity contribution is 7.89. The number of hydrogen-bond acceptors (Lipinski definition) is 5. The molecule has 1 aromatic heterocycles. The molecular weight excluding hydrogens is 358 g/mol. The van der Waals surface area contributed by atoms with E-state index in [9.17, 15) is 18.0 Å². The summed E-state index contributed by atoms with van der Waals surface area (Å²) in [4.78, 5) is 25.8. The van der Waals surface area contributed by atoms with Gasteiger partial charge in [0, 0.05) is 11.8 Å². The number of rotatable bonds is 5. The molecule has 0 radical (unpaired) electrons. The third-order valence-electron chi connectivity index (χ3n) is 3.57. The number of aromatic nitrogens is 1. The molecule has 3 N–H and O–H groups in total. The first-order valence-corrected chi connectivity index (χ1v) is 9.01. The Balaban J connectivity index is 1.69. The average Bonchev–Trinajstić information content (AvgIpc) is 2.99. The predicted molar refractivity (Wildman–Crippen MR) is 97.2 cm³/mol. The fraction of sp³-hybridized carbons (Fsp3) is 0.0588. The SMILES string of the molecule is CNS(=O)(=O)c1ccc(/C=C/C(=O)Nc2ccc3oc(=O)[nH]c3c2)cc1. The lowest BCUT2D eigenvalue weighted by atomic mass is 10.2. The van der Waals surface area contributed by atoms with Crippen molar-refractivity contribution >= 4 is 38.8 Å². The molecule has 9 heteroatoms. The van der Waals surface area contributed by atoms with Crippen LogP contribution in [0.15, 0.2) is 62.6 Å². The first-order valence-electron chi connectivity index (χ1n) is 7.53. The summed E-state index contributed by atoms with van der Waals surface area (Å²) in [6.07, 6.45) is 2.88. The third-order valence-corrected chi connectivity index (χ3v) is 5.00. The second-order valence-electron chi connectivity index (χ2n) is 5.32. The summed E-state index contributed by atoms with van der Waals surface area (Å²) in [6, 6.07) is 10.9. The summed E-state index contributed by atoms with van der Waals surface area (Å²) < 4.78 is 30.4. The monoisotopic (exact) mass is 373 g/mol. The van der Waals surface area contributed by atoms with E-state index in [1.807, 2.05) is 0 Å². The Bertz CT molecular complexity index is 1140. The molecule has 0 fully saturated rings. The van der Waals surface area contributed by atoms with E-state index in [2.05, 4.69) is 15.0 Å². The highest BCUT2D eigenvalue weighted by atomic mass is 32.2. The van der Waals surface area contributed by atoms with Crippen molar-refractivity contribution in [3.8, 4) is 0 Å². The zero-order valence-electron chi connectivity index (χ0n) is 13.6. The summed E-state index contributed by atoms with van der Waals surface area (Å²) in [5.41, 5.74) is 2.06. The number of H-pyrrole nitrogens is 1. The smallest absolute Gasteiger partial charge is 0.408 e. The van der Waals surface area contributed by atoms with Gasteiger partial charge in [-0.05, 0) is 49.0 Å².